The molecule has 1 saturated heterocycles. The second kappa shape index (κ2) is 8.61. The van der Waals surface area contributed by atoms with Crippen molar-refractivity contribution in [2.45, 2.75) is 30.6 Å². The number of anilines is 1. The molecule has 2 aromatic carbocycles. The van der Waals surface area contributed by atoms with Gasteiger partial charge in [-0.3, -0.25) is 4.79 Å². The highest BCUT2D eigenvalue weighted by molar-refractivity contribution is 7.89. The Bertz CT molecular complexity index is 971. The number of carbonyl (C=O) groups excluding carboxylic acids is 1. The minimum Gasteiger partial charge on any atom is -0.379 e. The molecule has 0 unspecified atom stereocenters. The third kappa shape index (κ3) is 5.01. The van der Waals surface area contributed by atoms with E-state index in [-0.39, 0.29) is 44.3 Å². The monoisotopic (exact) mass is 420 g/mol. The fourth-order valence-electron chi connectivity index (χ4n) is 3.30. The van der Waals surface area contributed by atoms with Crippen molar-refractivity contribution in [3.05, 3.63) is 59.9 Å². The summed E-state index contributed by atoms with van der Waals surface area (Å²) in [6.07, 6.45) is 0.194. The molecule has 3 rings (SSSR count). The van der Waals surface area contributed by atoms with Crippen LogP contribution in [-0.2, 0) is 25.0 Å². The van der Waals surface area contributed by atoms with Crippen molar-refractivity contribution in [1.29, 1.82) is 0 Å². The smallest absolute Gasteiger partial charge is 0.246 e. The second-order valence-electron chi connectivity index (χ2n) is 7.64. The SMILES string of the molecule is CC(C)(CC(=O)Nc1ccc(F)c(S(=O)(=O)N2CCOCC2)c1)c1ccccc1. The van der Waals surface area contributed by atoms with Gasteiger partial charge in [-0.15, -0.1) is 0 Å². The van der Waals surface area contributed by atoms with E-state index in [4.69, 9.17) is 4.74 Å². The zero-order valence-corrected chi connectivity index (χ0v) is 17.3. The number of ether oxygens (including phenoxy) is 1. The average Bonchev–Trinajstić information content (AvgIpc) is 2.70. The van der Waals surface area contributed by atoms with Gasteiger partial charge in [0.1, 0.15) is 10.7 Å². The summed E-state index contributed by atoms with van der Waals surface area (Å²) < 4.78 is 46.2. The van der Waals surface area contributed by atoms with Gasteiger partial charge in [0, 0.05) is 25.2 Å². The van der Waals surface area contributed by atoms with E-state index >= 15 is 0 Å². The highest BCUT2D eigenvalue weighted by Crippen LogP contribution is 2.28. The number of halogens is 1. The summed E-state index contributed by atoms with van der Waals surface area (Å²) in [7, 11) is -4.00. The Morgan fingerprint density at radius 1 is 1.14 bits per heavy atom. The van der Waals surface area contributed by atoms with Crippen LogP contribution < -0.4 is 5.32 Å². The minimum atomic E-state index is -4.00. The summed E-state index contributed by atoms with van der Waals surface area (Å²) in [4.78, 5) is 12.1. The Labute approximate surface area is 170 Å². The number of morpholine rings is 1. The lowest BCUT2D eigenvalue weighted by Crippen LogP contribution is -2.40. The molecule has 8 heteroatoms. The Morgan fingerprint density at radius 2 is 1.79 bits per heavy atom. The van der Waals surface area contributed by atoms with Crippen molar-refractivity contribution in [2.75, 3.05) is 31.6 Å². The molecule has 0 radical (unpaired) electrons. The number of nitrogens with one attached hydrogen (secondary N) is 1. The van der Waals surface area contributed by atoms with E-state index in [0.29, 0.717) is 0 Å². The van der Waals surface area contributed by atoms with Crippen LogP contribution in [0.15, 0.2) is 53.4 Å². The van der Waals surface area contributed by atoms with E-state index < -0.39 is 26.2 Å². The molecular weight excluding hydrogens is 395 g/mol. The van der Waals surface area contributed by atoms with Gasteiger partial charge in [0.25, 0.3) is 0 Å². The van der Waals surface area contributed by atoms with Gasteiger partial charge < -0.3 is 10.1 Å². The molecule has 29 heavy (non-hydrogen) atoms. The molecule has 0 atom stereocenters. The molecule has 0 aromatic heterocycles. The van der Waals surface area contributed by atoms with Gasteiger partial charge in [0.2, 0.25) is 15.9 Å². The van der Waals surface area contributed by atoms with E-state index in [1.54, 1.807) is 0 Å². The van der Waals surface area contributed by atoms with Crippen LogP contribution in [0.5, 0.6) is 0 Å². The number of carbonyl (C=O) groups is 1. The molecular formula is C21H25FN2O4S. The maximum atomic E-state index is 14.3. The topological polar surface area (TPSA) is 75.7 Å². The highest BCUT2D eigenvalue weighted by atomic mass is 32.2. The zero-order valence-electron chi connectivity index (χ0n) is 16.5. The molecule has 1 N–H and O–H groups in total. The van der Waals surface area contributed by atoms with Crippen LogP contribution in [0.1, 0.15) is 25.8 Å². The summed E-state index contributed by atoms with van der Waals surface area (Å²) >= 11 is 0. The Kier molecular flexibility index (Phi) is 6.36. The van der Waals surface area contributed by atoms with Crippen molar-refractivity contribution >= 4 is 21.6 Å². The lowest BCUT2D eigenvalue weighted by molar-refractivity contribution is -0.117. The van der Waals surface area contributed by atoms with Crippen molar-refractivity contribution in [2.24, 2.45) is 0 Å². The normalized spacial score (nSPS) is 15.8. The predicted molar refractivity (Wildman–Crippen MR) is 109 cm³/mol. The molecule has 2 aromatic rings. The maximum Gasteiger partial charge on any atom is 0.246 e. The van der Waals surface area contributed by atoms with Gasteiger partial charge in [-0.2, -0.15) is 4.31 Å². The first-order chi connectivity index (χ1) is 13.7. The molecule has 1 heterocycles. The number of benzene rings is 2. The van der Waals surface area contributed by atoms with Gasteiger partial charge >= 0.3 is 0 Å². The van der Waals surface area contributed by atoms with Crippen molar-refractivity contribution in [3.8, 4) is 0 Å². The molecule has 0 saturated carbocycles. The number of hydrogen-bond acceptors (Lipinski definition) is 4. The van der Waals surface area contributed by atoms with Crippen molar-refractivity contribution < 1.29 is 22.3 Å². The van der Waals surface area contributed by atoms with Crippen LogP contribution >= 0.6 is 0 Å². The van der Waals surface area contributed by atoms with E-state index in [2.05, 4.69) is 5.32 Å². The predicted octanol–water partition coefficient (Wildman–Crippen LogP) is 3.15. The standard InChI is InChI=1S/C21H25FN2O4S/c1-21(2,16-6-4-3-5-7-16)15-20(25)23-17-8-9-18(22)19(14-17)29(26,27)24-10-12-28-13-11-24/h3-9,14H,10-13,15H2,1-2H3,(H,23,25). The van der Waals surface area contributed by atoms with Gasteiger partial charge in [-0.1, -0.05) is 44.2 Å². The molecule has 1 aliphatic heterocycles. The molecule has 0 bridgehead atoms. The average molecular weight is 421 g/mol. The summed E-state index contributed by atoms with van der Waals surface area (Å²) in [5.41, 5.74) is 0.852. The molecule has 0 spiro atoms. The fourth-order valence-corrected chi connectivity index (χ4v) is 4.80. The Balaban J connectivity index is 1.76. The Morgan fingerprint density at radius 3 is 2.45 bits per heavy atom. The molecule has 1 fully saturated rings. The largest absolute Gasteiger partial charge is 0.379 e. The van der Waals surface area contributed by atoms with Gasteiger partial charge in [0.15, 0.2) is 0 Å². The lowest BCUT2D eigenvalue weighted by atomic mass is 9.81. The first-order valence-corrected chi connectivity index (χ1v) is 10.9. The second-order valence-corrected chi connectivity index (χ2v) is 9.54. The van der Waals surface area contributed by atoms with Crippen LogP contribution in [0.25, 0.3) is 0 Å². The van der Waals surface area contributed by atoms with Crippen LogP contribution in [0.2, 0.25) is 0 Å². The van der Waals surface area contributed by atoms with Crippen LogP contribution in [-0.4, -0.2) is 44.9 Å². The Hall–Kier alpha value is -2.29. The number of sulfonamides is 1. The molecule has 0 aliphatic carbocycles. The van der Waals surface area contributed by atoms with E-state index in [0.717, 1.165) is 11.6 Å². The molecule has 1 aliphatic rings. The van der Waals surface area contributed by atoms with Crippen LogP contribution in [0, 0.1) is 5.82 Å². The minimum absolute atomic E-state index is 0.170. The van der Waals surface area contributed by atoms with E-state index in [1.165, 1.54) is 16.4 Å². The van der Waals surface area contributed by atoms with Gasteiger partial charge in [-0.05, 0) is 29.2 Å². The summed E-state index contributed by atoms with van der Waals surface area (Å²) in [6.45, 7) is 4.80. The lowest BCUT2D eigenvalue weighted by Gasteiger charge is -2.26. The van der Waals surface area contributed by atoms with Gasteiger partial charge in [-0.25, -0.2) is 12.8 Å². The third-order valence-electron chi connectivity index (χ3n) is 4.96. The number of rotatable bonds is 6. The summed E-state index contributed by atoms with van der Waals surface area (Å²) in [6, 6.07) is 13.3. The first-order valence-electron chi connectivity index (χ1n) is 9.43. The quantitative estimate of drug-likeness (QED) is 0.779. The third-order valence-corrected chi connectivity index (χ3v) is 6.87. The van der Waals surface area contributed by atoms with Crippen LogP contribution in [0.4, 0.5) is 10.1 Å². The fraction of sp³-hybridized carbons (Fsp3) is 0.381. The molecule has 156 valence electrons. The number of hydrogen-bond donors (Lipinski definition) is 1. The van der Waals surface area contributed by atoms with Crippen molar-refractivity contribution in [3.63, 3.8) is 0 Å². The van der Waals surface area contributed by atoms with E-state index in [9.17, 15) is 17.6 Å². The zero-order chi connectivity index (χ0) is 21.1. The first kappa shape index (κ1) is 21.4. The highest BCUT2D eigenvalue weighted by Gasteiger charge is 2.30. The summed E-state index contributed by atoms with van der Waals surface area (Å²) in [5, 5.41) is 2.70. The van der Waals surface area contributed by atoms with E-state index in [1.807, 2.05) is 44.2 Å². The molecule has 1 amide bonds. The van der Waals surface area contributed by atoms with Gasteiger partial charge in [0.05, 0.1) is 13.2 Å². The number of nitrogens with zero attached hydrogens (tertiary/aromatic N) is 1. The number of amides is 1. The molecule has 6 nitrogen and oxygen atoms in total. The maximum absolute atomic E-state index is 14.3. The summed E-state index contributed by atoms with van der Waals surface area (Å²) in [5.74, 6) is -1.13. The van der Waals surface area contributed by atoms with Crippen molar-refractivity contribution in [1.82, 2.24) is 4.31 Å². The van der Waals surface area contributed by atoms with Crippen LogP contribution in [0.3, 0.4) is 0 Å².